The normalized spacial score (nSPS) is 10.9. The number of carbonyl (C=O) groups is 1. The number of benzene rings is 1. The van der Waals surface area contributed by atoms with Gasteiger partial charge in [0, 0.05) is 18.0 Å². The molecule has 0 spiro atoms. The second-order valence-corrected chi connectivity index (χ2v) is 4.23. The zero-order valence-corrected chi connectivity index (χ0v) is 11.7. The van der Waals surface area contributed by atoms with E-state index in [9.17, 15) is 13.6 Å². The summed E-state index contributed by atoms with van der Waals surface area (Å²) in [6.07, 6.45) is 5.98. The fraction of sp³-hybridized carbons (Fsp3) is 0.125. The number of ether oxygens (including phenoxy) is 2. The van der Waals surface area contributed by atoms with Crippen molar-refractivity contribution in [2.75, 3.05) is 7.11 Å². The van der Waals surface area contributed by atoms with Gasteiger partial charge in [0.2, 0.25) is 0 Å². The predicted molar refractivity (Wildman–Crippen MR) is 77.2 cm³/mol. The molecule has 0 aliphatic carbocycles. The van der Waals surface area contributed by atoms with Gasteiger partial charge in [0.15, 0.2) is 17.3 Å². The lowest BCUT2D eigenvalue weighted by atomic mass is 10.1. The molecule has 0 saturated heterocycles. The number of allylic oxidation sites excluding steroid dienone is 1. The van der Waals surface area contributed by atoms with Crippen LogP contribution in [0.25, 0.3) is 6.08 Å². The third-order valence-corrected chi connectivity index (χ3v) is 2.78. The van der Waals surface area contributed by atoms with E-state index in [1.807, 2.05) is 0 Å². The first-order valence-electron chi connectivity index (χ1n) is 6.35. The van der Waals surface area contributed by atoms with E-state index in [0.717, 1.165) is 0 Å². The highest BCUT2D eigenvalue weighted by Crippen LogP contribution is 2.29. The summed E-state index contributed by atoms with van der Waals surface area (Å²) in [5.41, 5.74) is 1.08. The lowest BCUT2D eigenvalue weighted by molar-refractivity contribution is -0.0512. The van der Waals surface area contributed by atoms with E-state index < -0.39 is 6.61 Å². The van der Waals surface area contributed by atoms with Crippen molar-refractivity contribution >= 4 is 11.9 Å². The van der Waals surface area contributed by atoms with Crippen LogP contribution in [0.1, 0.15) is 15.9 Å². The highest BCUT2D eigenvalue weighted by molar-refractivity contribution is 6.06. The van der Waals surface area contributed by atoms with Crippen molar-refractivity contribution in [3.8, 4) is 11.5 Å². The van der Waals surface area contributed by atoms with Gasteiger partial charge in [0.1, 0.15) is 0 Å². The number of hydrogen-bond acceptors (Lipinski definition) is 4. The average Bonchev–Trinajstić information content (AvgIpc) is 2.54. The van der Waals surface area contributed by atoms with Gasteiger partial charge in [0.25, 0.3) is 0 Å². The summed E-state index contributed by atoms with van der Waals surface area (Å²) in [5, 5.41) is 0. The standard InChI is InChI=1S/C16H13F2NO3/c1-21-15-9-11(5-7-14(15)22-16(17)18)4-6-13(20)12-3-2-8-19-10-12/h2-10,16H,1H3/b6-4+. The maximum atomic E-state index is 12.2. The van der Waals surface area contributed by atoms with Crippen LogP contribution >= 0.6 is 0 Å². The van der Waals surface area contributed by atoms with Gasteiger partial charge in [-0.3, -0.25) is 9.78 Å². The van der Waals surface area contributed by atoms with Gasteiger partial charge in [-0.2, -0.15) is 8.78 Å². The number of methoxy groups -OCH3 is 1. The van der Waals surface area contributed by atoms with E-state index in [-0.39, 0.29) is 17.3 Å². The van der Waals surface area contributed by atoms with Gasteiger partial charge in [-0.25, -0.2) is 0 Å². The predicted octanol–water partition coefficient (Wildman–Crippen LogP) is 3.59. The lowest BCUT2D eigenvalue weighted by Crippen LogP contribution is -2.03. The summed E-state index contributed by atoms with van der Waals surface area (Å²) < 4.78 is 33.8. The maximum absolute atomic E-state index is 12.2. The molecule has 2 aromatic rings. The number of ketones is 1. The van der Waals surface area contributed by atoms with Gasteiger partial charge >= 0.3 is 6.61 Å². The molecule has 0 radical (unpaired) electrons. The van der Waals surface area contributed by atoms with Gasteiger partial charge < -0.3 is 9.47 Å². The molecule has 0 saturated carbocycles. The van der Waals surface area contributed by atoms with E-state index >= 15 is 0 Å². The van der Waals surface area contributed by atoms with Gasteiger partial charge in [0.05, 0.1) is 7.11 Å². The Bertz CT molecular complexity index is 672. The molecular weight excluding hydrogens is 292 g/mol. The number of carbonyl (C=O) groups excluding carboxylic acids is 1. The monoisotopic (exact) mass is 305 g/mol. The average molecular weight is 305 g/mol. The fourth-order valence-electron chi connectivity index (χ4n) is 1.76. The molecule has 6 heteroatoms. The van der Waals surface area contributed by atoms with Crippen LogP contribution in [-0.4, -0.2) is 24.5 Å². The minimum absolute atomic E-state index is 0.0618. The smallest absolute Gasteiger partial charge is 0.387 e. The molecule has 2 rings (SSSR count). The summed E-state index contributed by atoms with van der Waals surface area (Å²) in [5.74, 6) is -0.107. The van der Waals surface area contributed by atoms with Crippen LogP contribution in [0, 0.1) is 0 Å². The highest BCUT2D eigenvalue weighted by Gasteiger charge is 2.10. The van der Waals surface area contributed by atoms with Gasteiger partial charge in [-0.15, -0.1) is 0 Å². The Morgan fingerprint density at radius 2 is 2.09 bits per heavy atom. The molecule has 1 aromatic heterocycles. The number of rotatable bonds is 6. The van der Waals surface area contributed by atoms with Gasteiger partial charge in [-0.05, 0) is 35.9 Å². The zero-order valence-electron chi connectivity index (χ0n) is 11.7. The number of hydrogen-bond donors (Lipinski definition) is 0. The second-order valence-electron chi connectivity index (χ2n) is 4.23. The molecule has 0 amide bonds. The highest BCUT2D eigenvalue weighted by atomic mass is 19.3. The molecule has 1 heterocycles. The molecule has 0 fully saturated rings. The van der Waals surface area contributed by atoms with Crippen LogP contribution < -0.4 is 9.47 Å². The largest absolute Gasteiger partial charge is 0.493 e. The van der Waals surface area contributed by atoms with Crippen molar-refractivity contribution in [3.63, 3.8) is 0 Å². The third-order valence-electron chi connectivity index (χ3n) is 2.78. The lowest BCUT2D eigenvalue weighted by Gasteiger charge is -2.10. The molecule has 0 aliphatic rings. The minimum Gasteiger partial charge on any atom is -0.493 e. The fourth-order valence-corrected chi connectivity index (χ4v) is 1.76. The molecule has 1 aromatic carbocycles. The zero-order chi connectivity index (χ0) is 15.9. The topological polar surface area (TPSA) is 48.4 Å². The first kappa shape index (κ1) is 15.6. The Kier molecular flexibility index (Phi) is 5.19. The van der Waals surface area contributed by atoms with Crippen LogP contribution in [0.4, 0.5) is 8.78 Å². The number of pyridine rings is 1. The summed E-state index contributed by atoms with van der Waals surface area (Å²) >= 11 is 0. The molecule has 0 atom stereocenters. The summed E-state index contributed by atoms with van der Waals surface area (Å²) in [6, 6.07) is 7.73. The number of halogens is 2. The van der Waals surface area contributed by atoms with Crippen LogP contribution in [-0.2, 0) is 0 Å². The quantitative estimate of drug-likeness (QED) is 0.604. The Morgan fingerprint density at radius 1 is 1.27 bits per heavy atom. The first-order valence-corrected chi connectivity index (χ1v) is 6.35. The molecule has 0 N–H and O–H groups in total. The van der Waals surface area contributed by atoms with E-state index in [0.29, 0.717) is 11.1 Å². The molecule has 114 valence electrons. The van der Waals surface area contributed by atoms with Crippen LogP contribution in [0.15, 0.2) is 48.8 Å². The summed E-state index contributed by atoms with van der Waals surface area (Å²) in [4.78, 5) is 15.8. The molecule has 0 unspecified atom stereocenters. The van der Waals surface area contributed by atoms with E-state index in [1.54, 1.807) is 30.5 Å². The molecular formula is C16H13F2NO3. The number of nitrogens with zero attached hydrogens (tertiary/aromatic N) is 1. The third kappa shape index (κ3) is 4.12. The molecule has 0 aliphatic heterocycles. The summed E-state index contributed by atoms with van der Waals surface area (Å²) in [6.45, 7) is -2.93. The van der Waals surface area contributed by atoms with Crippen LogP contribution in [0.2, 0.25) is 0 Å². The van der Waals surface area contributed by atoms with E-state index in [1.165, 1.54) is 31.5 Å². The Morgan fingerprint density at radius 3 is 2.73 bits per heavy atom. The number of aromatic nitrogens is 1. The van der Waals surface area contributed by atoms with E-state index in [4.69, 9.17) is 4.74 Å². The number of alkyl halides is 2. The SMILES string of the molecule is COc1cc(/C=C/C(=O)c2cccnc2)ccc1OC(F)F. The van der Waals surface area contributed by atoms with E-state index in [2.05, 4.69) is 9.72 Å². The van der Waals surface area contributed by atoms with Crippen molar-refractivity contribution in [1.82, 2.24) is 4.98 Å². The van der Waals surface area contributed by atoms with Crippen LogP contribution in [0.5, 0.6) is 11.5 Å². The maximum Gasteiger partial charge on any atom is 0.387 e. The molecule has 0 bridgehead atoms. The summed E-state index contributed by atoms with van der Waals surface area (Å²) in [7, 11) is 1.35. The van der Waals surface area contributed by atoms with Crippen molar-refractivity contribution in [2.24, 2.45) is 0 Å². The first-order chi connectivity index (χ1) is 10.6. The van der Waals surface area contributed by atoms with Crippen molar-refractivity contribution in [2.45, 2.75) is 6.61 Å². The minimum atomic E-state index is -2.93. The van der Waals surface area contributed by atoms with Crippen molar-refractivity contribution < 1.29 is 23.0 Å². The van der Waals surface area contributed by atoms with Crippen LogP contribution in [0.3, 0.4) is 0 Å². The molecule has 22 heavy (non-hydrogen) atoms. The molecule has 4 nitrogen and oxygen atoms in total. The van der Waals surface area contributed by atoms with Crippen molar-refractivity contribution in [3.05, 3.63) is 59.9 Å². The van der Waals surface area contributed by atoms with Crippen molar-refractivity contribution in [1.29, 1.82) is 0 Å². The van der Waals surface area contributed by atoms with Gasteiger partial charge in [-0.1, -0.05) is 12.1 Å². The second kappa shape index (κ2) is 7.31. The Hall–Kier alpha value is -2.76. The Labute approximate surface area is 126 Å². The Balaban J connectivity index is 2.16.